The Morgan fingerprint density at radius 1 is 0.320 bits per heavy atom. The highest BCUT2D eigenvalue weighted by Crippen LogP contribution is 2.14. The molecule has 36 nitrogen and oxygen atoms in total. The molecular weight excluding hydrogens is 1380 g/mol. The molecule has 0 bridgehead atoms. The molecule has 0 saturated carbocycles. The van der Waals surface area contributed by atoms with Crippen LogP contribution in [0.5, 0.6) is 0 Å². The molecule has 14 atom stereocenters. The summed E-state index contributed by atoms with van der Waals surface area (Å²) >= 11 is 8.47. The van der Waals surface area contributed by atoms with Gasteiger partial charge in [0, 0.05) is 11.5 Å². The lowest BCUT2D eigenvalue weighted by Crippen LogP contribution is -2.62. The molecule has 0 aromatic heterocycles. The number of aliphatic hydroxyl groups excluding tert-OH is 2. The number of primary amides is 1. The quantitative estimate of drug-likeness (QED) is 0.0199. The fraction of sp³-hybridized carbons (Fsp3) is 0.785. The number of carbonyl (C=O) groups excluding carboxylic acids is 14. The number of amides is 14. The van der Waals surface area contributed by atoms with Gasteiger partial charge in [0.25, 0.3) is 0 Å². The molecule has 38 heteroatoms. The molecule has 0 spiro atoms. The summed E-state index contributed by atoms with van der Waals surface area (Å²) in [5.41, 5.74) is 40.1. The molecule has 0 aromatic rings. The number of aliphatic hydroxyl groups is 2. The Kier molecular flexibility index (Phi) is 49.2. The van der Waals surface area contributed by atoms with Crippen LogP contribution >= 0.6 is 25.3 Å². The fourth-order valence-corrected chi connectivity index (χ4v) is 10.7. The first-order valence-electron chi connectivity index (χ1n) is 35.5. The molecule has 0 heterocycles. The lowest BCUT2D eigenvalue weighted by atomic mass is 9.99. The van der Waals surface area contributed by atoms with Crippen LogP contribution in [-0.2, 0) is 67.1 Å². The van der Waals surface area contributed by atoms with E-state index in [1.54, 1.807) is 55.4 Å². The van der Waals surface area contributed by atoms with Gasteiger partial charge in [-0.15, -0.1) is 0 Å². The standard InChI is InChI=1S/C65H124N20O16S2/c1-34(2)48(71)62(98)76-42(23-13-18-28-69)59(95)84-50(36(5)6)63(99)77-40(21-11-16-26-67)56(92)81-46(33-103)61(97)85-52(38(9)87)65(101)79-39(20-10-15-25-66)55(91)80-44(31-86)54(90)73-30-47(88)74-45(32-102)60(96)75-41(22-12-17-27-68)58(94)83-51(37(7)8)64(100)78-43(24-14-19-29-70)57(93)82-49(35(3)4)53(72)89/h34-46,48-52,86-87,102-103H,10-33,66-71H2,1-9H3,(H2,72,89)(H,73,90)(H,74,88)(H,75,96)(H,76,98)(H,77,99)(H,78,100)(H,79,101)(H,80,91)(H,81,92)(H,82,93)(H,83,94)(H,84,95)(H,85,97)/t38-,39+,40+,41+,42+,43+,44+,45+,46+,48+,49+,50+,51+,52+/m1/s1. The molecular formula is C65H124N20O16S2. The van der Waals surface area contributed by atoms with Crippen LogP contribution in [0.1, 0.15) is 159 Å². The highest BCUT2D eigenvalue weighted by Gasteiger charge is 2.38. The van der Waals surface area contributed by atoms with Crippen LogP contribution in [-0.4, -0.2) is 235 Å². The predicted molar refractivity (Wildman–Crippen MR) is 394 cm³/mol. The van der Waals surface area contributed by atoms with E-state index >= 15 is 0 Å². The number of thiol groups is 2. The first-order chi connectivity index (χ1) is 48.5. The maximum absolute atomic E-state index is 14.1. The lowest BCUT2D eigenvalue weighted by molar-refractivity contribution is -0.137. The molecule has 0 radical (unpaired) electrons. The van der Waals surface area contributed by atoms with Crippen molar-refractivity contribution in [2.45, 2.75) is 243 Å². The Labute approximate surface area is 616 Å². The topological polar surface area (TPSA) is 618 Å². The van der Waals surface area contributed by atoms with Gasteiger partial charge in [0.15, 0.2) is 0 Å². The lowest BCUT2D eigenvalue weighted by Gasteiger charge is -2.29. The van der Waals surface area contributed by atoms with Gasteiger partial charge in [0.1, 0.15) is 72.5 Å². The van der Waals surface area contributed by atoms with Crippen LogP contribution in [0.25, 0.3) is 0 Å². The van der Waals surface area contributed by atoms with Crippen molar-refractivity contribution >= 4 is 108 Å². The second-order valence-corrected chi connectivity index (χ2v) is 27.6. The summed E-state index contributed by atoms with van der Waals surface area (Å²) in [7, 11) is 0. The van der Waals surface area contributed by atoms with Gasteiger partial charge >= 0.3 is 0 Å². The summed E-state index contributed by atoms with van der Waals surface area (Å²) in [6.45, 7) is 14.0. The maximum atomic E-state index is 14.1. The Bertz CT molecular complexity index is 2690. The van der Waals surface area contributed by atoms with Crippen LogP contribution in [0.15, 0.2) is 0 Å². The van der Waals surface area contributed by atoms with E-state index in [0.717, 1.165) is 6.92 Å². The van der Waals surface area contributed by atoms with Gasteiger partial charge < -0.3 is 119 Å². The van der Waals surface area contributed by atoms with E-state index in [0.29, 0.717) is 70.9 Å². The second kappa shape index (κ2) is 52.8. The van der Waals surface area contributed by atoms with Gasteiger partial charge in [0.05, 0.1) is 25.3 Å². The molecule has 0 saturated heterocycles. The van der Waals surface area contributed by atoms with E-state index in [9.17, 15) is 77.3 Å². The highest BCUT2D eigenvalue weighted by atomic mass is 32.1. The molecule has 0 aliphatic heterocycles. The van der Waals surface area contributed by atoms with E-state index in [1.165, 1.54) is 0 Å². The largest absolute Gasteiger partial charge is 0.394 e. The maximum Gasteiger partial charge on any atom is 0.245 e. The summed E-state index contributed by atoms with van der Waals surface area (Å²) in [6.07, 6.45) is 2.60. The van der Waals surface area contributed by atoms with Crippen molar-refractivity contribution in [1.82, 2.24) is 69.1 Å². The first-order valence-corrected chi connectivity index (χ1v) is 36.8. The third kappa shape index (κ3) is 37.0. The van der Waals surface area contributed by atoms with E-state index in [1.807, 2.05) is 0 Å². The molecule has 0 rings (SSSR count). The van der Waals surface area contributed by atoms with E-state index in [4.69, 9.17) is 40.1 Å². The van der Waals surface area contributed by atoms with Gasteiger partial charge in [-0.1, -0.05) is 55.4 Å². The smallest absolute Gasteiger partial charge is 0.245 e. The van der Waals surface area contributed by atoms with Crippen molar-refractivity contribution in [3.05, 3.63) is 0 Å². The molecule has 103 heavy (non-hydrogen) atoms. The summed E-state index contributed by atoms with van der Waals surface area (Å²) in [4.78, 5) is 191. The summed E-state index contributed by atoms with van der Waals surface area (Å²) in [5.74, 6) is -14.5. The average Bonchev–Trinajstić information content (AvgIpc) is 0.859. The molecule has 0 aromatic carbocycles. The van der Waals surface area contributed by atoms with Gasteiger partial charge in [-0.25, -0.2) is 0 Å². The molecule has 29 N–H and O–H groups in total. The van der Waals surface area contributed by atoms with Gasteiger partial charge in [-0.05, 0) is 160 Å². The molecule has 592 valence electrons. The Morgan fingerprint density at radius 2 is 0.583 bits per heavy atom. The number of unbranched alkanes of at least 4 members (excludes halogenated alkanes) is 5. The zero-order valence-corrected chi connectivity index (χ0v) is 63.2. The van der Waals surface area contributed by atoms with E-state index in [-0.39, 0.29) is 81.5 Å². The van der Waals surface area contributed by atoms with E-state index < -0.39 is 192 Å². The van der Waals surface area contributed by atoms with Crippen molar-refractivity contribution in [2.75, 3.05) is 57.4 Å². The third-order valence-electron chi connectivity index (χ3n) is 16.6. The summed E-state index contributed by atoms with van der Waals surface area (Å²) in [6, 6.07) is -17.3. The molecule has 0 aliphatic rings. The minimum Gasteiger partial charge on any atom is -0.394 e. The first kappa shape index (κ1) is 96.0. The predicted octanol–water partition coefficient (Wildman–Crippen LogP) is -6.77. The van der Waals surface area contributed by atoms with E-state index in [2.05, 4.69) is 94.4 Å². The summed E-state index contributed by atoms with van der Waals surface area (Å²) < 4.78 is 0. The van der Waals surface area contributed by atoms with Crippen LogP contribution in [0, 0.1) is 23.7 Å². The minimum atomic E-state index is -1.81. The van der Waals surface area contributed by atoms with Crippen molar-refractivity contribution in [3.63, 3.8) is 0 Å². The van der Waals surface area contributed by atoms with Gasteiger partial charge in [-0.2, -0.15) is 25.3 Å². The van der Waals surface area contributed by atoms with Crippen molar-refractivity contribution < 1.29 is 77.3 Å². The monoisotopic (exact) mass is 1500 g/mol. The van der Waals surface area contributed by atoms with Gasteiger partial charge in [-0.3, -0.25) is 67.1 Å². The minimum absolute atomic E-state index is 0.0128. The number of hydrogen-bond acceptors (Lipinski definition) is 24. The summed E-state index contributed by atoms with van der Waals surface area (Å²) in [5, 5.41) is 54.0. The number of hydrogen-bond donors (Lipinski definition) is 24. The fourth-order valence-electron chi connectivity index (χ4n) is 10.2. The van der Waals surface area contributed by atoms with Crippen LogP contribution in [0.3, 0.4) is 0 Å². The molecule has 0 aliphatic carbocycles. The Hall–Kier alpha value is -7.04. The Balaban J connectivity index is 6.41. The normalized spacial score (nSPS) is 15.5. The average molecular weight is 1510 g/mol. The molecule has 14 amide bonds. The number of carbonyl (C=O) groups is 14. The number of nitrogens with one attached hydrogen (secondary N) is 13. The molecule has 0 fully saturated rings. The van der Waals surface area contributed by atoms with Crippen molar-refractivity contribution in [2.24, 2.45) is 63.8 Å². The highest BCUT2D eigenvalue weighted by molar-refractivity contribution is 7.80. The number of nitrogens with two attached hydrogens (primary N) is 7. The second-order valence-electron chi connectivity index (χ2n) is 26.8. The van der Waals surface area contributed by atoms with Crippen LogP contribution in [0.2, 0.25) is 0 Å². The van der Waals surface area contributed by atoms with Crippen LogP contribution < -0.4 is 109 Å². The van der Waals surface area contributed by atoms with Crippen molar-refractivity contribution in [3.8, 4) is 0 Å². The zero-order chi connectivity index (χ0) is 78.6. The van der Waals surface area contributed by atoms with Crippen molar-refractivity contribution in [1.29, 1.82) is 0 Å². The third-order valence-corrected chi connectivity index (χ3v) is 17.4. The Morgan fingerprint density at radius 3 is 0.883 bits per heavy atom. The van der Waals surface area contributed by atoms with Gasteiger partial charge in [0.2, 0.25) is 82.7 Å². The zero-order valence-electron chi connectivity index (χ0n) is 61.4. The van der Waals surface area contributed by atoms with Crippen LogP contribution in [0.4, 0.5) is 0 Å². The number of rotatable bonds is 55. The SMILES string of the molecule is CC(C)[C@H](N)C(=O)N[C@@H](CCCCN)C(=O)N[C@H](C(=O)N[C@@H](CCCCN)C(=O)N[C@@H](CS)C(=O)N[C@H](C(=O)N[C@@H](CCCCN)C(=O)N[C@@H](CO)C(=O)NCC(=O)N[C@@H](CS)C(=O)N[C@@H](CCCCN)C(=O)N[C@H](C(=O)N[C@@H](CCCCN)C(=O)N[C@H](C(N)=O)C(C)C)C(C)C)[C@@H](C)O)C(C)C. The molecule has 0 unspecified atom stereocenters.